The van der Waals surface area contributed by atoms with Crippen molar-refractivity contribution in [2.45, 2.75) is 26.2 Å². The summed E-state index contributed by atoms with van der Waals surface area (Å²) in [5.41, 5.74) is 4.98. The van der Waals surface area contributed by atoms with Gasteiger partial charge in [0.25, 0.3) is 0 Å². The Morgan fingerprint density at radius 1 is 1.12 bits per heavy atom. The summed E-state index contributed by atoms with van der Waals surface area (Å²) in [6, 6.07) is 12.8. The fourth-order valence-corrected chi connectivity index (χ4v) is 3.30. The largest absolute Gasteiger partial charge is 0.379 e. The van der Waals surface area contributed by atoms with E-state index in [1.807, 2.05) is 12.1 Å². The third-order valence-electron chi connectivity index (χ3n) is 4.76. The molecule has 0 bridgehead atoms. The number of hydrogen-bond acceptors (Lipinski definition) is 3. The molecule has 0 aliphatic carbocycles. The topological polar surface area (TPSA) is 25.4 Å². The number of benzene rings is 1. The first kappa shape index (κ1) is 19.1. The van der Waals surface area contributed by atoms with Gasteiger partial charge in [-0.1, -0.05) is 62.7 Å². The van der Waals surface area contributed by atoms with E-state index in [2.05, 4.69) is 61.0 Å². The van der Waals surface area contributed by atoms with E-state index >= 15 is 0 Å². The molecule has 1 aromatic carbocycles. The number of pyridine rings is 1. The van der Waals surface area contributed by atoms with Crippen molar-refractivity contribution < 1.29 is 4.74 Å². The molecule has 0 amide bonds. The zero-order chi connectivity index (χ0) is 18.6. The number of halogens is 1. The molecule has 1 aromatic heterocycles. The van der Waals surface area contributed by atoms with Gasteiger partial charge in [0.1, 0.15) is 5.15 Å². The second kappa shape index (κ2) is 8.34. The SMILES string of the molecule is CC(C)(C)c1ccc(C(=CCN2CCOCC2)c2ccnc(Cl)c2)cc1. The lowest BCUT2D eigenvalue weighted by Crippen LogP contribution is -2.36. The second-order valence-corrected chi connectivity index (χ2v) is 8.11. The fraction of sp³-hybridized carbons (Fsp3) is 0.409. The van der Waals surface area contributed by atoms with E-state index in [9.17, 15) is 0 Å². The minimum absolute atomic E-state index is 0.149. The van der Waals surface area contributed by atoms with Crippen molar-refractivity contribution in [2.24, 2.45) is 0 Å². The van der Waals surface area contributed by atoms with Gasteiger partial charge in [-0.3, -0.25) is 4.90 Å². The first-order chi connectivity index (χ1) is 12.4. The van der Waals surface area contributed by atoms with Crippen LogP contribution in [0.5, 0.6) is 0 Å². The number of hydrogen-bond donors (Lipinski definition) is 0. The number of nitrogens with zero attached hydrogens (tertiary/aromatic N) is 2. The van der Waals surface area contributed by atoms with Crippen LogP contribution in [0.3, 0.4) is 0 Å². The van der Waals surface area contributed by atoms with Crippen LogP contribution in [0.2, 0.25) is 5.15 Å². The Hall–Kier alpha value is -1.68. The lowest BCUT2D eigenvalue weighted by molar-refractivity contribution is 0.0435. The maximum atomic E-state index is 6.15. The molecule has 1 aliphatic rings. The van der Waals surface area contributed by atoms with Crippen LogP contribution in [0.4, 0.5) is 0 Å². The Morgan fingerprint density at radius 3 is 2.42 bits per heavy atom. The zero-order valence-corrected chi connectivity index (χ0v) is 16.6. The highest BCUT2D eigenvalue weighted by Gasteiger charge is 2.15. The normalized spacial score (nSPS) is 16.7. The van der Waals surface area contributed by atoms with Crippen molar-refractivity contribution in [3.63, 3.8) is 0 Å². The third kappa shape index (κ3) is 4.94. The van der Waals surface area contributed by atoms with Crippen LogP contribution in [0, 0.1) is 0 Å². The summed E-state index contributed by atoms with van der Waals surface area (Å²) in [6.45, 7) is 11.2. The summed E-state index contributed by atoms with van der Waals surface area (Å²) in [5, 5.41) is 0.520. The summed E-state index contributed by atoms with van der Waals surface area (Å²) in [6.07, 6.45) is 4.06. The van der Waals surface area contributed by atoms with Gasteiger partial charge in [-0.15, -0.1) is 0 Å². The molecule has 1 saturated heterocycles. The molecule has 0 atom stereocenters. The van der Waals surface area contributed by atoms with Crippen molar-refractivity contribution in [1.82, 2.24) is 9.88 Å². The summed E-state index contributed by atoms with van der Waals surface area (Å²) in [7, 11) is 0. The molecule has 0 spiro atoms. The predicted molar refractivity (Wildman–Crippen MR) is 109 cm³/mol. The molecule has 3 rings (SSSR count). The summed E-state index contributed by atoms with van der Waals surface area (Å²) in [4.78, 5) is 6.54. The minimum Gasteiger partial charge on any atom is -0.379 e. The average molecular weight is 371 g/mol. The Bertz CT molecular complexity index is 756. The van der Waals surface area contributed by atoms with E-state index in [4.69, 9.17) is 16.3 Å². The van der Waals surface area contributed by atoms with E-state index in [0.717, 1.165) is 38.4 Å². The zero-order valence-electron chi connectivity index (χ0n) is 15.8. The monoisotopic (exact) mass is 370 g/mol. The smallest absolute Gasteiger partial charge is 0.129 e. The first-order valence-electron chi connectivity index (χ1n) is 9.16. The molecule has 2 heterocycles. The third-order valence-corrected chi connectivity index (χ3v) is 4.96. The van der Waals surface area contributed by atoms with Crippen LogP contribution in [0.15, 0.2) is 48.7 Å². The maximum absolute atomic E-state index is 6.15. The van der Waals surface area contributed by atoms with Gasteiger partial charge in [0.05, 0.1) is 13.2 Å². The molecule has 26 heavy (non-hydrogen) atoms. The summed E-state index contributed by atoms with van der Waals surface area (Å²) in [5.74, 6) is 0. The van der Waals surface area contributed by atoms with Crippen LogP contribution in [-0.4, -0.2) is 42.7 Å². The summed E-state index contributed by atoms with van der Waals surface area (Å²) >= 11 is 6.15. The molecule has 0 unspecified atom stereocenters. The van der Waals surface area contributed by atoms with E-state index in [1.54, 1.807) is 6.20 Å². The van der Waals surface area contributed by atoms with Gasteiger partial charge >= 0.3 is 0 Å². The quantitative estimate of drug-likeness (QED) is 0.723. The Morgan fingerprint density at radius 2 is 1.81 bits per heavy atom. The number of aromatic nitrogens is 1. The van der Waals surface area contributed by atoms with Gasteiger partial charge in [0.2, 0.25) is 0 Å². The molecule has 0 N–H and O–H groups in total. The molecule has 3 nitrogen and oxygen atoms in total. The minimum atomic E-state index is 0.149. The van der Waals surface area contributed by atoms with Crippen LogP contribution < -0.4 is 0 Å². The molecule has 138 valence electrons. The Labute approximate surface area is 161 Å². The van der Waals surface area contributed by atoms with Crippen LogP contribution >= 0.6 is 11.6 Å². The first-order valence-corrected chi connectivity index (χ1v) is 9.54. The van der Waals surface area contributed by atoms with E-state index in [1.165, 1.54) is 16.7 Å². The van der Waals surface area contributed by atoms with Gasteiger partial charge in [-0.25, -0.2) is 4.98 Å². The average Bonchev–Trinajstić information content (AvgIpc) is 2.63. The van der Waals surface area contributed by atoms with Gasteiger partial charge in [0, 0.05) is 25.8 Å². The lowest BCUT2D eigenvalue weighted by atomic mass is 9.85. The highest BCUT2D eigenvalue weighted by Crippen LogP contribution is 2.28. The molecule has 2 aromatic rings. The predicted octanol–water partition coefficient (Wildman–Crippen LogP) is 4.80. The summed E-state index contributed by atoms with van der Waals surface area (Å²) < 4.78 is 5.45. The second-order valence-electron chi connectivity index (χ2n) is 7.73. The van der Waals surface area contributed by atoms with Crippen molar-refractivity contribution in [1.29, 1.82) is 0 Å². The molecule has 0 radical (unpaired) electrons. The standard InChI is InChI=1S/C22H27ClN2O/c1-22(2,3)19-6-4-17(5-7-19)20(18-8-10-24-21(23)16-18)9-11-25-12-14-26-15-13-25/h4-10,16H,11-15H2,1-3H3. The molecule has 0 saturated carbocycles. The number of rotatable bonds is 4. The van der Waals surface area contributed by atoms with Crippen molar-refractivity contribution >= 4 is 17.2 Å². The van der Waals surface area contributed by atoms with Gasteiger partial charge < -0.3 is 4.74 Å². The fourth-order valence-electron chi connectivity index (χ4n) is 3.13. The molecule has 4 heteroatoms. The van der Waals surface area contributed by atoms with Gasteiger partial charge in [0.15, 0.2) is 0 Å². The lowest BCUT2D eigenvalue weighted by Gasteiger charge is -2.25. The van der Waals surface area contributed by atoms with Crippen molar-refractivity contribution in [3.8, 4) is 0 Å². The molecular formula is C22H27ClN2O. The Kier molecular flexibility index (Phi) is 6.13. The highest BCUT2D eigenvalue weighted by molar-refractivity contribution is 6.29. The van der Waals surface area contributed by atoms with Gasteiger partial charge in [-0.2, -0.15) is 0 Å². The van der Waals surface area contributed by atoms with Crippen LogP contribution in [-0.2, 0) is 10.2 Å². The molecular weight excluding hydrogens is 344 g/mol. The van der Waals surface area contributed by atoms with Crippen molar-refractivity contribution in [3.05, 3.63) is 70.5 Å². The van der Waals surface area contributed by atoms with Crippen LogP contribution in [0.1, 0.15) is 37.5 Å². The Balaban J connectivity index is 1.92. The number of ether oxygens (including phenoxy) is 1. The van der Waals surface area contributed by atoms with Crippen LogP contribution in [0.25, 0.3) is 5.57 Å². The number of morpholine rings is 1. The highest BCUT2D eigenvalue weighted by atomic mass is 35.5. The van der Waals surface area contributed by atoms with E-state index in [0.29, 0.717) is 5.15 Å². The van der Waals surface area contributed by atoms with E-state index in [-0.39, 0.29) is 5.41 Å². The molecule has 1 aliphatic heterocycles. The molecule has 1 fully saturated rings. The maximum Gasteiger partial charge on any atom is 0.129 e. The van der Waals surface area contributed by atoms with Gasteiger partial charge in [-0.05, 0) is 39.8 Å². The van der Waals surface area contributed by atoms with Crippen molar-refractivity contribution in [2.75, 3.05) is 32.8 Å². The van der Waals surface area contributed by atoms with E-state index < -0.39 is 0 Å².